The minimum Gasteiger partial charge on any atom is -0.478 e. The van der Waals surface area contributed by atoms with Gasteiger partial charge in [-0.3, -0.25) is 0 Å². The quantitative estimate of drug-likeness (QED) is 0.718. The van der Waals surface area contributed by atoms with Crippen molar-refractivity contribution < 1.29 is 9.90 Å². The Morgan fingerprint density at radius 3 is 2.05 bits per heavy atom. The number of anilines is 3. The van der Waals surface area contributed by atoms with Crippen LogP contribution in [-0.4, -0.2) is 11.1 Å². The molecule has 0 spiro atoms. The van der Waals surface area contributed by atoms with Gasteiger partial charge >= 0.3 is 5.97 Å². The monoisotopic (exact) mass is 348 g/mol. The smallest absolute Gasteiger partial charge is 0.337 e. The van der Waals surface area contributed by atoms with Gasteiger partial charge in [-0.1, -0.05) is 15.9 Å². The number of hydrogen-bond donors (Lipinski definition) is 3. The summed E-state index contributed by atoms with van der Waals surface area (Å²) in [6.07, 6.45) is 0. The van der Waals surface area contributed by atoms with Crippen molar-refractivity contribution in [2.24, 2.45) is 0 Å². The minimum atomic E-state index is -1.03. The molecule has 0 aliphatic rings. The lowest BCUT2D eigenvalue weighted by atomic mass is 10.1. The molecule has 0 fully saturated rings. The highest BCUT2D eigenvalue weighted by Gasteiger charge is 2.12. The van der Waals surface area contributed by atoms with Gasteiger partial charge in [0.1, 0.15) is 0 Å². The van der Waals surface area contributed by atoms with Crippen molar-refractivity contribution in [3.8, 4) is 0 Å². The molecule has 0 amide bonds. The van der Waals surface area contributed by atoms with Crippen LogP contribution in [0.25, 0.3) is 0 Å². The zero-order valence-electron chi connectivity index (χ0n) is 12.1. The molecular formula is C16H17BrN2O2. The second-order valence-corrected chi connectivity index (χ2v) is 5.90. The number of nitrogen functional groups attached to an aromatic ring is 1. The van der Waals surface area contributed by atoms with Gasteiger partial charge < -0.3 is 16.2 Å². The van der Waals surface area contributed by atoms with Gasteiger partial charge in [-0.05, 0) is 61.7 Å². The number of hydrogen-bond acceptors (Lipinski definition) is 3. The van der Waals surface area contributed by atoms with Crippen molar-refractivity contribution in [3.05, 3.63) is 51.0 Å². The van der Waals surface area contributed by atoms with E-state index in [1.54, 1.807) is 13.0 Å². The highest BCUT2D eigenvalue weighted by Crippen LogP contribution is 2.29. The van der Waals surface area contributed by atoms with Gasteiger partial charge in [-0.25, -0.2) is 4.79 Å². The summed E-state index contributed by atoms with van der Waals surface area (Å²) < 4.78 is 1.08. The number of carboxylic acid groups (broad SMARTS) is 1. The molecule has 0 bridgehead atoms. The molecule has 2 aromatic carbocycles. The number of carbonyl (C=O) groups is 1. The van der Waals surface area contributed by atoms with Gasteiger partial charge in [0.15, 0.2) is 0 Å². The normalized spacial score (nSPS) is 10.5. The first kappa shape index (κ1) is 15.4. The van der Waals surface area contributed by atoms with Crippen molar-refractivity contribution in [2.45, 2.75) is 20.8 Å². The lowest BCUT2D eigenvalue weighted by Gasteiger charge is -2.13. The molecule has 0 aromatic heterocycles. The van der Waals surface area contributed by atoms with Crippen LogP contribution in [0.5, 0.6) is 0 Å². The number of aryl methyl sites for hydroxylation is 3. The van der Waals surface area contributed by atoms with Crippen LogP contribution in [0.4, 0.5) is 17.1 Å². The number of carboxylic acids is 1. The molecule has 21 heavy (non-hydrogen) atoms. The van der Waals surface area contributed by atoms with Gasteiger partial charge in [-0.2, -0.15) is 0 Å². The summed E-state index contributed by atoms with van der Waals surface area (Å²) >= 11 is 3.53. The molecule has 4 N–H and O–H groups in total. The maximum Gasteiger partial charge on any atom is 0.337 e. The first-order chi connectivity index (χ1) is 9.79. The average molecular weight is 349 g/mol. The zero-order chi connectivity index (χ0) is 15.7. The van der Waals surface area contributed by atoms with Crippen LogP contribution in [0.3, 0.4) is 0 Å². The van der Waals surface area contributed by atoms with E-state index in [1.807, 2.05) is 32.0 Å². The number of nitrogens with one attached hydrogen (secondary N) is 1. The Balaban J connectivity index is 2.43. The highest BCUT2D eigenvalue weighted by atomic mass is 79.9. The number of benzene rings is 2. The van der Waals surface area contributed by atoms with Crippen molar-refractivity contribution in [1.82, 2.24) is 0 Å². The molecule has 0 heterocycles. The second-order valence-electron chi connectivity index (χ2n) is 5.11. The van der Waals surface area contributed by atoms with Crippen molar-refractivity contribution >= 4 is 39.0 Å². The van der Waals surface area contributed by atoms with Gasteiger partial charge in [0.2, 0.25) is 0 Å². The standard InChI is InChI=1S/C16H17BrN2O2/c1-8-4-11(5-9(2)14(8)17)19-12-6-10(3)15(18)13(7-12)16(20)21/h4-7,19H,18H2,1-3H3,(H,20,21). The second kappa shape index (κ2) is 5.77. The molecule has 2 aromatic rings. The third-order valence-electron chi connectivity index (χ3n) is 3.34. The third kappa shape index (κ3) is 3.19. The highest BCUT2D eigenvalue weighted by molar-refractivity contribution is 9.10. The predicted molar refractivity (Wildman–Crippen MR) is 89.4 cm³/mol. The van der Waals surface area contributed by atoms with Crippen LogP contribution in [0.2, 0.25) is 0 Å². The SMILES string of the molecule is Cc1cc(Nc2cc(C)c(Br)c(C)c2)cc(C(=O)O)c1N. The summed E-state index contributed by atoms with van der Waals surface area (Å²) in [5.74, 6) is -1.03. The average Bonchev–Trinajstić information content (AvgIpc) is 2.39. The number of rotatable bonds is 3. The van der Waals surface area contributed by atoms with Crippen LogP contribution in [0, 0.1) is 20.8 Å². The molecule has 0 aliphatic heterocycles. The maximum atomic E-state index is 11.2. The lowest BCUT2D eigenvalue weighted by molar-refractivity contribution is 0.0698. The Labute approximate surface area is 132 Å². The lowest BCUT2D eigenvalue weighted by Crippen LogP contribution is -2.05. The van der Waals surface area contributed by atoms with Crippen molar-refractivity contribution in [3.63, 3.8) is 0 Å². The number of nitrogens with two attached hydrogens (primary N) is 1. The first-order valence-electron chi connectivity index (χ1n) is 6.46. The van der Waals surface area contributed by atoms with Crippen LogP contribution in [0.1, 0.15) is 27.0 Å². The van der Waals surface area contributed by atoms with E-state index in [9.17, 15) is 9.90 Å². The number of aromatic carboxylic acids is 1. The van der Waals surface area contributed by atoms with E-state index in [0.29, 0.717) is 11.4 Å². The fraction of sp³-hybridized carbons (Fsp3) is 0.188. The van der Waals surface area contributed by atoms with E-state index in [1.165, 1.54) is 0 Å². The summed E-state index contributed by atoms with van der Waals surface area (Å²) in [5.41, 5.74) is 10.8. The Bertz CT molecular complexity index is 703. The molecule has 4 nitrogen and oxygen atoms in total. The van der Waals surface area contributed by atoms with E-state index in [4.69, 9.17) is 5.73 Å². The molecule has 2 rings (SSSR count). The third-order valence-corrected chi connectivity index (χ3v) is 4.59. The van der Waals surface area contributed by atoms with Crippen LogP contribution in [0.15, 0.2) is 28.7 Å². The van der Waals surface area contributed by atoms with Gasteiger partial charge in [0, 0.05) is 21.5 Å². The van der Waals surface area contributed by atoms with Gasteiger partial charge in [-0.15, -0.1) is 0 Å². The van der Waals surface area contributed by atoms with Crippen LogP contribution in [-0.2, 0) is 0 Å². The molecular weight excluding hydrogens is 332 g/mol. The van der Waals surface area contributed by atoms with E-state index in [-0.39, 0.29) is 5.56 Å². The molecule has 0 aliphatic carbocycles. The van der Waals surface area contributed by atoms with E-state index < -0.39 is 5.97 Å². The maximum absolute atomic E-state index is 11.2. The summed E-state index contributed by atoms with van der Waals surface area (Å²) in [7, 11) is 0. The fourth-order valence-corrected chi connectivity index (χ4v) is 2.46. The van der Waals surface area contributed by atoms with Crippen molar-refractivity contribution in [1.29, 1.82) is 0 Å². The van der Waals surface area contributed by atoms with Gasteiger partial charge in [0.25, 0.3) is 0 Å². The van der Waals surface area contributed by atoms with E-state index in [0.717, 1.165) is 26.9 Å². The molecule has 5 heteroatoms. The molecule has 110 valence electrons. The minimum absolute atomic E-state index is 0.114. The molecule has 0 radical (unpaired) electrons. The van der Waals surface area contributed by atoms with Crippen molar-refractivity contribution in [2.75, 3.05) is 11.1 Å². The summed E-state index contributed by atoms with van der Waals surface area (Å²) in [5, 5.41) is 12.4. The van der Waals surface area contributed by atoms with E-state index in [2.05, 4.69) is 21.2 Å². The summed E-state index contributed by atoms with van der Waals surface area (Å²) in [6, 6.07) is 7.40. The number of halogens is 1. The Kier molecular flexibility index (Phi) is 4.23. The van der Waals surface area contributed by atoms with Gasteiger partial charge in [0.05, 0.1) is 5.56 Å². The fourth-order valence-electron chi connectivity index (χ4n) is 2.23. The summed E-state index contributed by atoms with van der Waals surface area (Å²) in [6.45, 7) is 5.82. The predicted octanol–water partition coefficient (Wildman–Crippen LogP) is 4.40. The van der Waals surface area contributed by atoms with Crippen LogP contribution < -0.4 is 11.1 Å². The largest absolute Gasteiger partial charge is 0.478 e. The Hall–Kier alpha value is -2.01. The molecule has 0 saturated carbocycles. The molecule has 0 atom stereocenters. The Morgan fingerprint density at radius 1 is 1.05 bits per heavy atom. The molecule has 0 saturated heterocycles. The van der Waals surface area contributed by atoms with E-state index >= 15 is 0 Å². The molecule has 0 unspecified atom stereocenters. The zero-order valence-corrected chi connectivity index (χ0v) is 13.7. The first-order valence-corrected chi connectivity index (χ1v) is 7.26. The summed E-state index contributed by atoms with van der Waals surface area (Å²) in [4.78, 5) is 11.2. The topological polar surface area (TPSA) is 75.3 Å². The van der Waals surface area contributed by atoms with Crippen LogP contribution >= 0.6 is 15.9 Å². The Morgan fingerprint density at radius 2 is 1.52 bits per heavy atom.